The number of halogens is 1. The Balaban J connectivity index is 1.56. The van der Waals surface area contributed by atoms with Gasteiger partial charge in [-0.2, -0.15) is 5.10 Å². The van der Waals surface area contributed by atoms with Gasteiger partial charge in [0.1, 0.15) is 18.2 Å². The van der Waals surface area contributed by atoms with E-state index in [2.05, 4.69) is 15.5 Å². The number of amides is 2. The van der Waals surface area contributed by atoms with Gasteiger partial charge in [0.15, 0.2) is 5.69 Å². The molecule has 1 aromatic heterocycles. The number of nitrogens with zero attached hydrogens (tertiary/aromatic N) is 2. The number of H-pyrrole nitrogens is 1. The Hall–Kier alpha value is -2.90. The first-order chi connectivity index (χ1) is 12.0. The van der Waals surface area contributed by atoms with Crippen molar-refractivity contribution in [1.29, 1.82) is 0 Å². The maximum Gasteiger partial charge on any atom is 0.274 e. The van der Waals surface area contributed by atoms with Gasteiger partial charge in [0, 0.05) is 32.1 Å². The predicted molar refractivity (Wildman–Crippen MR) is 87.4 cm³/mol. The minimum atomic E-state index is -0.374. The smallest absolute Gasteiger partial charge is 0.274 e. The van der Waals surface area contributed by atoms with E-state index in [1.54, 1.807) is 23.1 Å². The maximum atomic E-state index is 13.1. The molecule has 1 aliphatic rings. The molecule has 7 nitrogen and oxygen atoms in total. The number of carbonyl (C=O) groups is 2. The average Bonchev–Trinajstić information content (AvgIpc) is 3.21. The lowest BCUT2D eigenvalue weighted by molar-refractivity contribution is -0.119. The molecule has 1 aliphatic heterocycles. The molecule has 0 bridgehead atoms. The van der Waals surface area contributed by atoms with Crippen LogP contribution < -0.4 is 10.1 Å². The quantitative estimate of drug-likeness (QED) is 0.858. The highest BCUT2D eigenvalue weighted by atomic mass is 19.1. The third-order valence-corrected chi connectivity index (χ3v) is 3.92. The van der Waals surface area contributed by atoms with Gasteiger partial charge in [-0.1, -0.05) is 6.07 Å². The molecule has 1 atom stereocenters. The minimum absolute atomic E-state index is 0.0174. The average molecular weight is 346 g/mol. The third kappa shape index (κ3) is 4.34. The second kappa shape index (κ2) is 7.33. The zero-order chi connectivity index (χ0) is 17.8. The number of ether oxygens (including phenoxy) is 1. The molecule has 0 aliphatic carbocycles. The molecule has 0 saturated carbocycles. The van der Waals surface area contributed by atoms with Crippen LogP contribution in [0.4, 0.5) is 4.39 Å². The van der Waals surface area contributed by atoms with E-state index in [1.807, 2.05) is 0 Å². The highest BCUT2D eigenvalue weighted by Gasteiger charge is 2.28. The van der Waals surface area contributed by atoms with E-state index in [0.717, 1.165) is 6.42 Å². The van der Waals surface area contributed by atoms with Crippen LogP contribution in [-0.4, -0.2) is 46.0 Å². The molecule has 2 aromatic rings. The van der Waals surface area contributed by atoms with Crippen molar-refractivity contribution in [3.63, 3.8) is 0 Å². The second-order valence-electron chi connectivity index (χ2n) is 5.96. The van der Waals surface area contributed by atoms with Gasteiger partial charge < -0.3 is 15.0 Å². The first-order valence-electron chi connectivity index (χ1n) is 8.00. The molecule has 1 saturated heterocycles. The molecular weight excluding hydrogens is 327 g/mol. The largest absolute Gasteiger partial charge is 0.487 e. The number of carbonyl (C=O) groups excluding carboxylic acids is 2. The first-order valence-corrected chi connectivity index (χ1v) is 8.00. The highest BCUT2D eigenvalue weighted by molar-refractivity contribution is 5.92. The third-order valence-electron chi connectivity index (χ3n) is 3.92. The fourth-order valence-corrected chi connectivity index (χ4v) is 2.77. The summed E-state index contributed by atoms with van der Waals surface area (Å²) in [5, 5.41) is 9.59. The van der Waals surface area contributed by atoms with Crippen LogP contribution in [0.15, 0.2) is 30.3 Å². The molecular formula is C17H19FN4O3. The minimum Gasteiger partial charge on any atom is -0.487 e. The molecule has 2 N–H and O–H groups in total. The van der Waals surface area contributed by atoms with E-state index in [-0.39, 0.29) is 30.3 Å². The van der Waals surface area contributed by atoms with Crippen LogP contribution in [0.5, 0.6) is 5.75 Å². The number of hydrogen-bond donors (Lipinski definition) is 2. The number of aromatic amines is 1. The van der Waals surface area contributed by atoms with Crippen molar-refractivity contribution >= 4 is 11.8 Å². The highest BCUT2D eigenvalue weighted by Crippen LogP contribution is 2.16. The van der Waals surface area contributed by atoms with E-state index in [4.69, 9.17) is 4.74 Å². The number of aromatic nitrogens is 2. The molecule has 1 aromatic carbocycles. The summed E-state index contributed by atoms with van der Waals surface area (Å²) in [6.45, 7) is 2.66. The normalized spacial score (nSPS) is 16.7. The molecule has 132 valence electrons. The fourth-order valence-electron chi connectivity index (χ4n) is 2.77. The Bertz CT molecular complexity index is 777. The molecule has 1 fully saturated rings. The molecule has 3 rings (SSSR count). The Labute approximate surface area is 144 Å². The van der Waals surface area contributed by atoms with Crippen LogP contribution in [0.2, 0.25) is 0 Å². The first kappa shape index (κ1) is 16.9. The number of likely N-dealkylation sites (tertiary alicyclic amines) is 1. The Morgan fingerprint density at radius 1 is 1.44 bits per heavy atom. The van der Waals surface area contributed by atoms with Gasteiger partial charge in [0.25, 0.3) is 5.91 Å². The summed E-state index contributed by atoms with van der Waals surface area (Å²) in [4.78, 5) is 25.2. The molecule has 25 heavy (non-hydrogen) atoms. The summed E-state index contributed by atoms with van der Waals surface area (Å²) in [6.07, 6.45) is 0.727. The number of hydrogen-bond acceptors (Lipinski definition) is 4. The Morgan fingerprint density at radius 3 is 3.04 bits per heavy atom. The molecule has 2 amide bonds. The maximum absolute atomic E-state index is 13.1. The van der Waals surface area contributed by atoms with Crippen molar-refractivity contribution in [1.82, 2.24) is 20.4 Å². The number of nitrogens with one attached hydrogen (secondary N) is 2. The second-order valence-corrected chi connectivity index (χ2v) is 5.96. The van der Waals surface area contributed by atoms with Crippen LogP contribution in [-0.2, 0) is 11.4 Å². The standard InChI is InChI=1S/C17H19FN4O3/c1-11(23)19-13-5-6-22(9-13)17(24)16-8-14(20-21-16)10-25-15-4-2-3-12(18)7-15/h2-4,7-8,13H,5-6,9-10H2,1H3,(H,19,23)(H,20,21)/t13-/m0/s1. The Kier molecular flexibility index (Phi) is 4.97. The van der Waals surface area contributed by atoms with Crippen molar-refractivity contribution in [3.05, 3.63) is 47.5 Å². The predicted octanol–water partition coefficient (Wildman–Crippen LogP) is 1.48. The van der Waals surface area contributed by atoms with Gasteiger partial charge >= 0.3 is 0 Å². The summed E-state index contributed by atoms with van der Waals surface area (Å²) in [6, 6.07) is 7.44. The van der Waals surface area contributed by atoms with E-state index in [1.165, 1.54) is 19.1 Å². The van der Waals surface area contributed by atoms with E-state index < -0.39 is 0 Å². The van der Waals surface area contributed by atoms with Gasteiger partial charge in [-0.3, -0.25) is 14.7 Å². The van der Waals surface area contributed by atoms with Crippen LogP contribution in [0, 0.1) is 5.82 Å². The SMILES string of the molecule is CC(=O)N[C@H]1CCN(C(=O)c2cc(COc3cccc(F)c3)[nH]n2)C1. The van der Waals surface area contributed by atoms with Gasteiger partial charge in [0.2, 0.25) is 5.91 Å². The van der Waals surface area contributed by atoms with Crippen molar-refractivity contribution in [2.75, 3.05) is 13.1 Å². The lowest BCUT2D eigenvalue weighted by Gasteiger charge is -2.15. The van der Waals surface area contributed by atoms with Gasteiger partial charge in [-0.05, 0) is 24.6 Å². The van der Waals surface area contributed by atoms with Crippen LogP contribution >= 0.6 is 0 Å². The van der Waals surface area contributed by atoms with Crippen molar-refractivity contribution in [3.8, 4) is 5.75 Å². The lowest BCUT2D eigenvalue weighted by Crippen LogP contribution is -2.37. The van der Waals surface area contributed by atoms with Crippen LogP contribution in [0.1, 0.15) is 29.5 Å². The van der Waals surface area contributed by atoms with Crippen molar-refractivity contribution in [2.24, 2.45) is 0 Å². The van der Waals surface area contributed by atoms with Crippen LogP contribution in [0.3, 0.4) is 0 Å². The topological polar surface area (TPSA) is 87.3 Å². The Morgan fingerprint density at radius 2 is 2.28 bits per heavy atom. The zero-order valence-electron chi connectivity index (χ0n) is 13.8. The molecule has 0 radical (unpaired) electrons. The molecule has 8 heteroatoms. The number of rotatable bonds is 5. The monoisotopic (exact) mass is 346 g/mol. The molecule has 0 unspecified atom stereocenters. The summed E-state index contributed by atoms with van der Waals surface area (Å²) < 4.78 is 18.6. The summed E-state index contributed by atoms with van der Waals surface area (Å²) in [5.74, 6) is -0.266. The summed E-state index contributed by atoms with van der Waals surface area (Å²) in [5.41, 5.74) is 0.909. The van der Waals surface area contributed by atoms with E-state index >= 15 is 0 Å². The fraction of sp³-hybridized carbons (Fsp3) is 0.353. The van der Waals surface area contributed by atoms with E-state index in [0.29, 0.717) is 30.2 Å². The lowest BCUT2D eigenvalue weighted by atomic mass is 10.2. The molecule has 2 heterocycles. The van der Waals surface area contributed by atoms with Gasteiger partial charge in [-0.15, -0.1) is 0 Å². The zero-order valence-corrected chi connectivity index (χ0v) is 13.8. The van der Waals surface area contributed by atoms with Crippen molar-refractivity contribution in [2.45, 2.75) is 26.0 Å². The summed E-state index contributed by atoms with van der Waals surface area (Å²) >= 11 is 0. The molecule has 0 spiro atoms. The number of benzene rings is 1. The van der Waals surface area contributed by atoms with Crippen molar-refractivity contribution < 1.29 is 18.7 Å². The van der Waals surface area contributed by atoms with Crippen LogP contribution in [0.25, 0.3) is 0 Å². The van der Waals surface area contributed by atoms with Gasteiger partial charge in [-0.25, -0.2) is 4.39 Å². The summed E-state index contributed by atoms with van der Waals surface area (Å²) in [7, 11) is 0. The van der Waals surface area contributed by atoms with Gasteiger partial charge in [0.05, 0.1) is 5.69 Å². The van der Waals surface area contributed by atoms with E-state index in [9.17, 15) is 14.0 Å².